The summed E-state index contributed by atoms with van der Waals surface area (Å²) in [6.45, 7) is 11.4. The number of likely N-dealkylation sites (N-methyl/N-ethyl adjacent to an activating group) is 1. The summed E-state index contributed by atoms with van der Waals surface area (Å²) in [5.41, 5.74) is 0. The van der Waals surface area contributed by atoms with Gasteiger partial charge < -0.3 is 5.32 Å². The van der Waals surface area contributed by atoms with Crippen LogP contribution in [0.25, 0.3) is 0 Å². The number of hydrogen-bond donors (Lipinski definition) is 1. The molecule has 0 aliphatic heterocycles. The highest BCUT2D eigenvalue weighted by atomic mass is 32.1. The summed E-state index contributed by atoms with van der Waals surface area (Å²) in [5.74, 6) is 0.668. The molecule has 0 spiro atoms. The number of nitrogens with zero attached hydrogens (tertiary/aromatic N) is 1. The summed E-state index contributed by atoms with van der Waals surface area (Å²) in [6.07, 6.45) is 1.20. The van der Waals surface area contributed by atoms with Crippen molar-refractivity contribution in [2.24, 2.45) is 5.92 Å². The van der Waals surface area contributed by atoms with E-state index in [-0.39, 0.29) is 0 Å². The third-order valence-electron chi connectivity index (χ3n) is 3.64. The van der Waals surface area contributed by atoms with E-state index in [2.05, 4.69) is 62.5 Å². The van der Waals surface area contributed by atoms with Crippen molar-refractivity contribution in [1.82, 2.24) is 10.2 Å². The Kier molecular flexibility index (Phi) is 6.90. The van der Waals surface area contributed by atoms with Crippen molar-refractivity contribution in [1.29, 1.82) is 0 Å². The molecule has 0 bridgehead atoms. The largest absolute Gasteiger partial charge is 0.315 e. The zero-order valence-corrected chi connectivity index (χ0v) is 13.3. The highest BCUT2D eigenvalue weighted by molar-refractivity contribution is 7.10. The first-order chi connectivity index (χ1) is 8.57. The molecule has 0 radical (unpaired) electrons. The maximum atomic E-state index is 3.56. The summed E-state index contributed by atoms with van der Waals surface area (Å²) in [4.78, 5) is 3.97. The summed E-state index contributed by atoms with van der Waals surface area (Å²) < 4.78 is 0. The molecule has 0 saturated carbocycles. The van der Waals surface area contributed by atoms with Gasteiger partial charge >= 0.3 is 0 Å². The highest BCUT2D eigenvalue weighted by Gasteiger charge is 2.23. The number of thiophene rings is 1. The molecule has 2 nitrogen and oxygen atoms in total. The third kappa shape index (κ3) is 4.38. The molecule has 0 aromatic carbocycles. The predicted molar refractivity (Wildman–Crippen MR) is 82.3 cm³/mol. The average Bonchev–Trinajstić information content (AvgIpc) is 2.86. The fourth-order valence-corrected chi connectivity index (χ4v) is 3.13. The molecular formula is C15H28N2S. The molecular weight excluding hydrogens is 240 g/mol. The predicted octanol–water partition coefficient (Wildman–Crippen LogP) is 3.77. The van der Waals surface area contributed by atoms with Crippen molar-refractivity contribution < 1.29 is 0 Å². The molecule has 1 aromatic rings. The van der Waals surface area contributed by atoms with Crippen LogP contribution in [0.15, 0.2) is 17.5 Å². The Morgan fingerprint density at radius 2 is 2.06 bits per heavy atom. The second kappa shape index (κ2) is 7.93. The molecule has 1 N–H and O–H groups in total. The van der Waals surface area contributed by atoms with Crippen LogP contribution < -0.4 is 5.32 Å². The van der Waals surface area contributed by atoms with Crippen molar-refractivity contribution in [3.05, 3.63) is 22.4 Å². The van der Waals surface area contributed by atoms with Crippen LogP contribution in [0.4, 0.5) is 0 Å². The molecule has 1 heterocycles. The first-order valence-corrected chi connectivity index (χ1v) is 7.91. The summed E-state index contributed by atoms with van der Waals surface area (Å²) in [7, 11) is 2.25. The van der Waals surface area contributed by atoms with Crippen LogP contribution in [0.1, 0.15) is 45.0 Å². The van der Waals surface area contributed by atoms with Gasteiger partial charge in [0.1, 0.15) is 0 Å². The van der Waals surface area contributed by atoms with Gasteiger partial charge in [-0.15, -0.1) is 11.3 Å². The van der Waals surface area contributed by atoms with E-state index in [1.807, 2.05) is 11.3 Å². The maximum Gasteiger partial charge on any atom is 0.0413 e. The maximum absolute atomic E-state index is 3.56. The quantitative estimate of drug-likeness (QED) is 0.722. The minimum Gasteiger partial charge on any atom is -0.315 e. The summed E-state index contributed by atoms with van der Waals surface area (Å²) >= 11 is 1.85. The topological polar surface area (TPSA) is 15.3 Å². The molecule has 0 saturated heterocycles. The Bertz CT molecular complexity index is 308. The molecule has 1 rings (SSSR count). The van der Waals surface area contributed by atoms with Gasteiger partial charge in [-0.2, -0.15) is 0 Å². The van der Waals surface area contributed by atoms with E-state index in [4.69, 9.17) is 0 Å². The van der Waals surface area contributed by atoms with E-state index in [0.717, 1.165) is 13.1 Å². The van der Waals surface area contributed by atoms with Crippen LogP contribution in [0.2, 0.25) is 0 Å². The van der Waals surface area contributed by atoms with Crippen molar-refractivity contribution in [3.8, 4) is 0 Å². The van der Waals surface area contributed by atoms with Gasteiger partial charge in [-0.1, -0.05) is 26.8 Å². The van der Waals surface area contributed by atoms with Crippen molar-refractivity contribution in [3.63, 3.8) is 0 Å². The van der Waals surface area contributed by atoms with Gasteiger partial charge in [-0.25, -0.2) is 0 Å². The van der Waals surface area contributed by atoms with Gasteiger partial charge in [0.2, 0.25) is 0 Å². The minimum atomic E-state index is 0.501. The second-order valence-electron chi connectivity index (χ2n) is 5.37. The molecule has 0 fully saturated rings. The van der Waals surface area contributed by atoms with Gasteiger partial charge in [0, 0.05) is 23.5 Å². The number of nitrogens with one attached hydrogen (secondary N) is 1. The SMILES string of the molecule is CCCNCC(C(C)C)N(C)C(C)c1cccs1. The molecule has 0 aliphatic carbocycles. The lowest BCUT2D eigenvalue weighted by Crippen LogP contribution is -2.44. The van der Waals surface area contributed by atoms with Gasteiger partial charge in [0.25, 0.3) is 0 Å². The lowest BCUT2D eigenvalue weighted by Gasteiger charge is -2.35. The number of hydrogen-bond acceptors (Lipinski definition) is 3. The standard InChI is InChI=1S/C15H28N2S/c1-6-9-16-11-14(12(2)3)17(5)13(4)15-8-7-10-18-15/h7-8,10,12-14,16H,6,9,11H2,1-5H3. The molecule has 104 valence electrons. The highest BCUT2D eigenvalue weighted by Crippen LogP contribution is 2.26. The zero-order valence-electron chi connectivity index (χ0n) is 12.4. The zero-order chi connectivity index (χ0) is 13.5. The molecule has 1 aromatic heterocycles. The Labute approximate surface area is 116 Å². The third-order valence-corrected chi connectivity index (χ3v) is 4.68. The van der Waals surface area contributed by atoms with E-state index in [9.17, 15) is 0 Å². The van der Waals surface area contributed by atoms with Crippen LogP contribution in [0.5, 0.6) is 0 Å². The monoisotopic (exact) mass is 268 g/mol. The van der Waals surface area contributed by atoms with Gasteiger partial charge in [0.15, 0.2) is 0 Å². The lowest BCUT2D eigenvalue weighted by molar-refractivity contribution is 0.144. The Morgan fingerprint density at radius 1 is 1.33 bits per heavy atom. The van der Waals surface area contributed by atoms with Gasteiger partial charge in [-0.05, 0) is 44.3 Å². The van der Waals surface area contributed by atoms with Crippen LogP contribution >= 0.6 is 11.3 Å². The molecule has 2 atom stereocenters. The second-order valence-corrected chi connectivity index (χ2v) is 6.35. The smallest absolute Gasteiger partial charge is 0.0413 e. The fourth-order valence-electron chi connectivity index (χ4n) is 2.29. The van der Waals surface area contributed by atoms with Crippen LogP contribution in [0, 0.1) is 5.92 Å². The fraction of sp³-hybridized carbons (Fsp3) is 0.733. The lowest BCUT2D eigenvalue weighted by atomic mass is 10.0. The van der Waals surface area contributed by atoms with Crippen molar-refractivity contribution in [2.45, 2.75) is 46.2 Å². The molecule has 3 heteroatoms. The Morgan fingerprint density at radius 3 is 2.56 bits per heavy atom. The van der Waals surface area contributed by atoms with E-state index < -0.39 is 0 Å². The van der Waals surface area contributed by atoms with Crippen LogP contribution in [0.3, 0.4) is 0 Å². The van der Waals surface area contributed by atoms with Crippen LogP contribution in [-0.4, -0.2) is 31.1 Å². The molecule has 0 amide bonds. The first-order valence-electron chi connectivity index (χ1n) is 7.04. The van der Waals surface area contributed by atoms with Gasteiger partial charge in [-0.3, -0.25) is 4.90 Å². The van der Waals surface area contributed by atoms with Crippen molar-refractivity contribution >= 4 is 11.3 Å². The van der Waals surface area contributed by atoms with E-state index in [1.165, 1.54) is 11.3 Å². The average molecular weight is 268 g/mol. The molecule has 2 unspecified atom stereocenters. The van der Waals surface area contributed by atoms with Gasteiger partial charge in [0.05, 0.1) is 0 Å². The summed E-state index contributed by atoms with van der Waals surface area (Å²) in [6, 6.07) is 5.47. The van der Waals surface area contributed by atoms with E-state index in [0.29, 0.717) is 18.0 Å². The summed E-state index contributed by atoms with van der Waals surface area (Å²) in [5, 5.41) is 5.73. The molecule has 0 aliphatic rings. The Hall–Kier alpha value is -0.380. The van der Waals surface area contributed by atoms with Crippen LogP contribution in [-0.2, 0) is 0 Å². The van der Waals surface area contributed by atoms with E-state index >= 15 is 0 Å². The van der Waals surface area contributed by atoms with E-state index in [1.54, 1.807) is 0 Å². The van der Waals surface area contributed by atoms with Crippen molar-refractivity contribution in [2.75, 3.05) is 20.1 Å². The first kappa shape index (κ1) is 15.7. The normalized spacial score (nSPS) is 15.3. The molecule has 18 heavy (non-hydrogen) atoms. The Balaban J connectivity index is 2.61. The number of rotatable bonds is 8. The minimum absolute atomic E-state index is 0.501.